The van der Waals surface area contributed by atoms with E-state index in [4.69, 9.17) is 9.47 Å². The van der Waals surface area contributed by atoms with Crippen LogP contribution in [-0.2, 0) is 9.53 Å². The molecule has 2 atom stereocenters. The average Bonchev–Trinajstić information content (AvgIpc) is 2.99. The lowest BCUT2D eigenvalue weighted by Gasteiger charge is -2.26. The van der Waals surface area contributed by atoms with Crippen molar-refractivity contribution in [2.75, 3.05) is 6.54 Å². The Bertz CT molecular complexity index is 876. The van der Waals surface area contributed by atoms with Crippen molar-refractivity contribution in [2.45, 2.75) is 44.9 Å². The molecule has 8 heteroatoms. The number of hydrogen-bond donors (Lipinski definition) is 2. The number of hydrogen-bond acceptors (Lipinski definition) is 6. The third kappa shape index (κ3) is 4.05. The van der Waals surface area contributed by atoms with E-state index in [0.717, 1.165) is 0 Å². The van der Waals surface area contributed by atoms with Gasteiger partial charge in [0.05, 0.1) is 6.54 Å². The van der Waals surface area contributed by atoms with Crippen LogP contribution >= 0.6 is 0 Å². The maximum absolute atomic E-state index is 12.4. The number of pyridine rings is 1. The van der Waals surface area contributed by atoms with Crippen LogP contribution in [0.15, 0.2) is 30.5 Å². The number of aliphatic carboxylic acids is 1. The van der Waals surface area contributed by atoms with Crippen LogP contribution in [0.25, 0.3) is 10.8 Å². The zero-order chi connectivity index (χ0) is 19.8. The number of carboxylic acids is 1. The van der Waals surface area contributed by atoms with Gasteiger partial charge < -0.3 is 19.7 Å². The average molecular weight is 374 g/mol. The van der Waals surface area contributed by atoms with E-state index >= 15 is 0 Å². The Kier molecular flexibility index (Phi) is 4.82. The van der Waals surface area contributed by atoms with Gasteiger partial charge in [-0.25, -0.2) is 14.6 Å². The smallest absolute Gasteiger partial charge is 0.411 e. The molecule has 0 spiro atoms. The van der Waals surface area contributed by atoms with Crippen LogP contribution in [0.5, 0.6) is 11.6 Å². The number of benzene rings is 1. The number of carbonyl (C=O) groups is 2. The number of phenolic OH excluding ortho intramolecular Hbond substituents is 1. The summed E-state index contributed by atoms with van der Waals surface area (Å²) in [6.07, 6.45) is 0.376. The summed E-state index contributed by atoms with van der Waals surface area (Å²) in [5, 5.41) is 20.6. The fourth-order valence-electron chi connectivity index (χ4n) is 3.05. The van der Waals surface area contributed by atoms with Gasteiger partial charge in [0, 0.05) is 23.4 Å². The summed E-state index contributed by atoms with van der Waals surface area (Å²) in [5.41, 5.74) is -0.728. The topological polar surface area (TPSA) is 109 Å². The van der Waals surface area contributed by atoms with Crippen molar-refractivity contribution in [3.05, 3.63) is 30.5 Å². The molecule has 1 aliphatic rings. The van der Waals surface area contributed by atoms with E-state index in [1.807, 2.05) is 0 Å². The fraction of sp³-hybridized carbons (Fsp3) is 0.421. The number of ether oxygens (including phenoxy) is 2. The van der Waals surface area contributed by atoms with Crippen LogP contribution in [0.4, 0.5) is 4.79 Å². The summed E-state index contributed by atoms with van der Waals surface area (Å²) < 4.78 is 11.2. The van der Waals surface area contributed by atoms with Crippen molar-refractivity contribution in [1.82, 2.24) is 9.88 Å². The van der Waals surface area contributed by atoms with Gasteiger partial charge in [0.1, 0.15) is 23.5 Å². The SMILES string of the molecule is CC(C)(C)OC(=O)N1CC(Oc2nccc3c(O)cccc23)CC1C(=O)O. The summed E-state index contributed by atoms with van der Waals surface area (Å²) in [7, 11) is 0. The second kappa shape index (κ2) is 6.94. The van der Waals surface area contributed by atoms with Gasteiger partial charge >= 0.3 is 12.1 Å². The van der Waals surface area contributed by atoms with Gasteiger partial charge in [0.2, 0.25) is 5.88 Å². The van der Waals surface area contributed by atoms with Crippen LogP contribution < -0.4 is 4.74 Å². The number of carbonyl (C=O) groups excluding carboxylic acids is 1. The van der Waals surface area contributed by atoms with Gasteiger partial charge in [-0.3, -0.25) is 4.90 Å². The molecule has 1 amide bonds. The van der Waals surface area contributed by atoms with Crippen molar-refractivity contribution in [1.29, 1.82) is 0 Å². The van der Waals surface area contributed by atoms with E-state index in [9.17, 15) is 19.8 Å². The summed E-state index contributed by atoms with van der Waals surface area (Å²) in [6.45, 7) is 5.23. The number of rotatable bonds is 3. The standard InChI is InChI=1S/C19H22N2O6/c1-19(2,3)27-18(25)21-10-11(9-14(21)17(23)24)26-16-13-5-4-6-15(22)12(13)7-8-20-16/h4-8,11,14,22H,9-10H2,1-3H3,(H,23,24). The first-order valence-corrected chi connectivity index (χ1v) is 8.61. The van der Waals surface area contributed by atoms with E-state index in [2.05, 4.69) is 4.98 Å². The number of fused-ring (bicyclic) bond motifs is 1. The largest absolute Gasteiger partial charge is 0.507 e. The normalized spacial score (nSPS) is 19.9. The van der Waals surface area contributed by atoms with Gasteiger partial charge in [0.25, 0.3) is 0 Å². The van der Waals surface area contributed by atoms with Crippen LogP contribution in [0.2, 0.25) is 0 Å². The quantitative estimate of drug-likeness (QED) is 0.850. The minimum atomic E-state index is -1.12. The van der Waals surface area contributed by atoms with Crippen molar-refractivity contribution in [3.8, 4) is 11.6 Å². The lowest BCUT2D eigenvalue weighted by Crippen LogP contribution is -2.43. The van der Waals surface area contributed by atoms with Gasteiger partial charge in [-0.15, -0.1) is 0 Å². The lowest BCUT2D eigenvalue weighted by atomic mass is 10.1. The molecule has 2 N–H and O–H groups in total. The predicted molar refractivity (Wildman–Crippen MR) is 96.8 cm³/mol. The third-order valence-electron chi connectivity index (χ3n) is 4.20. The fourth-order valence-corrected chi connectivity index (χ4v) is 3.05. The Labute approximate surface area is 156 Å². The highest BCUT2D eigenvalue weighted by molar-refractivity contribution is 5.91. The molecule has 1 fully saturated rings. The molecule has 1 aromatic heterocycles. The molecule has 0 saturated carbocycles. The molecule has 0 aliphatic carbocycles. The van der Waals surface area contributed by atoms with Gasteiger partial charge in [-0.1, -0.05) is 6.07 Å². The van der Waals surface area contributed by atoms with Crippen molar-refractivity contribution < 1.29 is 29.3 Å². The number of likely N-dealkylation sites (tertiary alicyclic amines) is 1. The number of aromatic hydroxyl groups is 1. The number of aromatic nitrogens is 1. The predicted octanol–water partition coefficient (Wildman–Crippen LogP) is 2.78. The van der Waals surface area contributed by atoms with Gasteiger partial charge in [-0.2, -0.15) is 0 Å². The highest BCUT2D eigenvalue weighted by Crippen LogP contribution is 2.32. The highest BCUT2D eigenvalue weighted by Gasteiger charge is 2.43. The van der Waals surface area contributed by atoms with Crippen LogP contribution in [0, 0.1) is 0 Å². The molecule has 2 heterocycles. The van der Waals surface area contributed by atoms with E-state index in [1.54, 1.807) is 45.0 Å². The third-order valence-corrected chi connectivity index (χ3v) is 4.20. The van der Waals surface area contributed by atoms with Crippen LogP contribution in [-0.4, -0.2) is 56.5 Å². The van der Waals surface area contributed by atoms with E-state index in [0.29, 0.717) is 10.8 Å². The van der Waals surface area contributed by atoms with Crippen LogP contribution in [0.1, 0.15) is 27.2 Å². The maximum Gasteiger partial charge on any atom is 0.411 e. The number of nitrogens with zero attached hydrogens (tertiary/aromatic N) is 2. The second-order valence-electron chi connectivity index (χ2n) is 7.45. The zero-order valence-corrected chi connectivity index (χ0v) is 15.4. The first-order valence-electron chi connectivity index (χ1n) is 8.61. The number of phenols is 1. The maximum atomic E-state index is 12.4. The molecule has 2 unspecified atom stereocenters. The monoisotopic (exact) mass is 374 g/mol. The second-order valence-corrected chi connectivity index (χ2v) is 7.45. The van der Waals surface area contributed by atoms with Crippen molar-refractivity contribution in [3.63, 3.8) is 0 Å². The van der Waals surface area contributed by atoms with Crippen LogP contribution in [0.3, 0.4) is 0 Å². The summed E-state index contributed by atoms with van der Waals surface area (Å²) in [6, 6.07) is 5.62. The van der Waals surface area contributed by atoms with E-state index in [-0.39, 0.29) is 24.6 Å². The molecule has 2 aromatic rings. The van der Waals surface area contributed by atoms with E-state index < -0.39 is 29.8 Å². The Morgan fingerprint density at radius 1 is 1.22 bits per heavy atom. The summed E-state index contributed by atoms with van der Waals surface area (Å²) >= 11 is 0. The molecular weight excluding hydrogens is 352 g/mol. The summed E-state index contributed by atoms with van der Waals surface area (Å²) in [4.78, 5) is 29.3. The van der Waals surface area contributed by atoms with Gasteiger partial charge in [0.15, 0.2) is 0 Å². The van der Waals surface area contributed by atoms with Crippen molar-refractivity contribution >= 4 is 22.8 Å². The minimum Gasteiger partial charge on any atom is -0.507 e. The number of carboxylic acid groups (broad SMARTS) is 1. The zero-order valence-electron chi connectivity index (χ0n) is 15.4. The molecule has 1 aliphatic heterocycles. The molecular formula is C19H22N2O6. The first-order chi connectivity index (χ1) is 12.7. The molecule has 0 bridgehead atoms. The Morgan fingerprint density at radius 3 is 2.63 bits per heavy atom. The Balaban J connectivity index is 1.82. The molecule has 3 rings (SSSR count). The molecule has 0 radical (unpaired) electrons. The van der Waals surface area contributed by atoms with Gasteiger partial charge in [-0.05, 0) is 39.0 Å². The van der Waals surface area contributed by atoms with Crippen molar-refractivity contribution in [2.24, 2.45) is 0 Å². The van der Waals surface area contributed by atoms with E-state index in [1.165, 1.54) is 11.1 Å². The minimum absolute atomic E-state index is 0.0722. The Morgan fingerprint density at radius 2 is 1.96 bits per heavy atom. The lowest BCUT2D eigenvalue weighted by molar-refractivity contribution is -0.142. The number of amides is 1. The molecule has 27 heavy (non-hydrogen) atoms. The Hall–Kier alpha value is -3.03. The molecule has 1 saturated heterocycles. The highest BCUT2D eigenvalue weighted by atomic mass is 16.6. The molecule has 1 aromatic carbocycles. The molecule has 144 valence electrons. The first kappa shape index (κ1) is 18.8. The molecule has 8 nitrogen and oxygen atoms in total. The summed E-state index contributed by atoms with van der Waals surface area (Å²) in [5.74, 6) is -0.732.